The van der Waals surface area contributed by atoms with Gasteiger partial charge in [-0.3, -0.25) is 4.79 Å². The minimum atomic E-state index is -0.187. The maximum atomic E-state index is 10.7. The first kappa shape index (κ1) is 17.0. The predicted molar refractivity (Wildman–Crippen MR) is 76.5 cm³/mol. The SMILES string of the molecule is CCCCCCCCCCC[C@@H](C)CC(=O)Cl. The van der Waals surface area contributed by atoms with Crippen LogP contribution in [0.4, 0.5) is 0 Å². The summed E-state index contributed by atoms with van der Waals surface area (Å²) >= 11 is 5.36. The number of rotatable bonds is 12. The van der Waals surface area contributed by atoms with Crippen molar-refractivity contribution in [1.29, 1.82) is 0 Å². The lowest BCUT2D eigenvalue weighted by Gasteiger charge is -2.07. The van der Waals surface area contributed by atoms with Crippen LogP contribution in [0.2, 0.25) is 0 Å². The Hall–Kier alpha value is -0.0400. The van der Waals surface area contributed by atoms with Crippen molar-refractivity contribution in [2.75, 3.05) is 0 Å². The summed E-state index contributed by atoms with van der Waals surface area (Å²) in [6.07, 6.45) is 13.9. The highest BCUT2D eigenvalue weighted by Gasteiger charge is 2.05. The van der Waals surface area contributed by atoms with Gasteiger partial charge < -0.3 is 0 Å². The molecule has 0 aliphatic carbocycles. The Kier molecular flexibility index (Phi) is 12.4. The van der Waals surface area contributed by atoms with Crippen molar-refractivity contribution in [1.82, 2.24) is 0 Å². The van der Waals surface area contributed by atoms with Crippen LogP contribution in [0.1, 0.15) is 84.5 Å². The topological polar surface area (TPSA) is 17.1 Å². The van der Waals surface area contributed by atoms with E-state index in [-0.39, 0.29) is 5.24 Å². The second-order valence-corrected chi connectivity index (χ2v) is 5.70. The number of halogens is 1. The molecule has 0 fully saturated rings. The van der Waals surface area contributed by atoms with E-state index >= 15 is 0 Å². The summed E-state index contributed by atoms with van der Waals surface area (Å²) < 4.78 is 0. The van der Waals surface area contributed by atoms with Crippen LogP contribution in [0.3, 0.4) is 0 Å². The molecule has 0 heterocycles. The third-order valence-corrected chi connectivity index (χ3v) is 3.46. The van der Waals surface area contributed by atoms with Gasteiger partial charge in [-0.15, -0.1) is 0 Å². The zero-order valence-corrected chi connectivity index (χ0v) is 12.4. The van der Waals surface area contributed by atoms with Crippen LogP contribution in [0, 0.1) is 5.92 Å². The summed E-state index contributed by atoms with van der Waals surface area (Å²) in [4.78, 5) is 10.7. The first-order valence-electron chi connectivity index (χ1n) is 7.35. The molecule has 0 amide bonds. The van der Waals surface area contributed by atoms with E-state index in [1.165, 1.54) is 57.8 Å². The molecule has 0 rings (SSSR count). The number of unbranched alkanes of at least 4 members (excludes halogenated alkanes) is 8. The largest absolute Gasteiger partial charge is 0.281 e. The van der Waals surface area contributed by atoms with Gasteiger partial charge in [-0.1, -0.05) is 78.1 Å². The standard InChI is InChI=1S/C15H29ClO/c1-3-4-5-6-7-8-9-10-11-12-14(2)13-15(16)17/h14H,3-13H2,1-2H3/t14-/m1/s1. The Morgan fingerprint density at radius 1 is 0.941 bits per heavy atom. The summed E-state index contributed by atoms with van der Waals surface area (Å²) in [5, 5.41) is -0.187. The molecule has 0 spiro atoms. The Morgan fingerprint density at radius 3 is 1.88 bits per heavy atom. The average Bonchev–Trinajstić information content (AvgIpc) is 2.26. The summed E-state index contributed by atoms with van der Waals surface area (Å²) in [7, 11) is 0. The molecule has 0 saturated carbocycles. The molecule has 2 heteroatoms. The van der Waals surface area contributed by atoms with E-state index in [4.69, 9.17) is 11.6 Å². The minimum absolute atomic E-state index is 0.187. The molecule has 0 N–H and O–H groups in total. The Balaban J connectivity index is 3.10. The Bertz CT molecular complexity index is 180. The second kappa shape index (κ2) is 12.4. The summed E-state index contributed by atoms with van der Waals surface area (Å²) in [6.45, 7) is 4.37. The van der Waals surface area contributed by atoms with Gasteiger partial charge in [0.05, 0.1) is 0 Å². The molecule has 0 saturated heterocycles. The fraction of sp³-hybridized carbons (Fsp3) is 0.933. The lowest BCUT2D eigenvalue weighted by atomic mass is 9.99. The van der Waals surface area contributed by atoms with Gasteiger partial charge in [0, 0.05) is 6.42 Å². The van der Waals surface area contributed by atoms with E-state index in [2.05, 4.69) is 13.8 Å². The molecule has 0 radical (unpaired) electrons. The van der Waals surface area contributed by atoms with Gasteiger partial charge in [-0.05, 0) is 17.5 Å². The zero-order valence-electron chi connectivity index (χ0n) is 11.6. The number of hydrogen-bond acceptors (Lipinski definition) is 1. The fourth-order valence-electron chi connectivity index (χ4n) is 2.18. The maximum absolute atomic E-state index is 10.7. The molecular formula is C15H29ClO. The zero-order chi connectivity index (χ0) is 12.9. The Morgan fingerprint density at radius 2 is 1.41 bits per heavy atom. The molecule has 0 unspecified atom stereocenters. The summed E-state index contributed by atoms with van der Waals surface area (Å²) in [6, 6.07) is 0. The summed E-state index contributed by atoms with van der Waals surface area (Å²) in [5.74, 6) is 0.463. The van der Waals surface area contributed by atoms with Crippen molar-refractivity contribution in [2.45, 2.75) is 84.5 Å². The van der Waals surface area contributed by atoms with Crippen LogP contribution >= 0.6 is 11.6 Å². The third-order valence-electron chi connectivity index (χ3n) is 3.31. The molecule has 17 heavy (non-hydrogen) atoms. The van der Waals surface area contributed by atoms with Gasteiger partial charge in [0.15, 0.2) is 0 Å². The molecule has 1 atom stereocenters. The van der Waals surface area contributed by atoms with Gasteiger partial charge in [0.2, 0.25) is 5.24 Å². The molecule has 1 nitrogen and oxygen atoms in total. The normalized spacial score (nSPS) is 12.6. The average molecular weight is 261 g/mol. The van der Waals surface area contributed by atoms with Crippen molar-refractivity contribution in [2.24, 2.45) is 5.92 Å². The second-order valence-electron chi connectivity index (χ2n) is 5.28. The Labute approximate surface area is 112 Å². The van der Waals surface area contributed by atoms with Crippen molar-refractivity contribution in [3.63, 3.8) is 0 Å². The van der Waals surface area contributed by atoms with Crippen molar-refractivity contribution >= 4 is 16.8 Å². The van der Waals surface area contributed by atoms with E-state index in [1.807, 2.05) is 0 Å². The molecule has 0 aromatic heterocycles. The number of carbonyl (C=O) groups excluding carboxylic acids is 1. The van der Waals surface area contributed by atoms with Crippen LogP contribution in [0.5, 0.6) is 0 Å². The minimum Gasteiger partial charge on any atom is -0.281 e. The van der Waals surface area contributed by atoms with Crippen molar-refractivity contribution < 1.29 is 4.79 Å². The molecule has 102 valence electrons. The lowest BCUT2D eigenvalue weighted by Crippen LogP contribution is -1.99. The van der Waals surface area contributed by atoms with E-state index < -0.39 is 0 Å². The van der Waals surface area contributed by atoms with Crippen LogP contribution in [0.25, 0.3) is 0 Å². The molecule has 0 aromatic rings. The first-order chi connectivity index (χ1) is 8.16. The van der Waals surface area contributed by atoms with Crippen LogP contribution in [-0.4, -0.2) is 5.24 Å². The van der Waals surface area contributed by atoms with Gasteiger partial charge in [0.1, 0.15) is 0 Å². The number of carbonyl (C=O) groups is 1. The summed E-state index contributed by atoms with van der Waals surface area (Å²) in [5.41, 5.74) is 0. The lowest BCUT2D eigenvalue weighted by molar-refractivity contribution is -0.112. The molecule has 0 aliphatic heterocycles. The molecule has 0 aliphatic rings. The molecule has 0 aromatic carbocycles. The van der Waals surface area contributed by atoms with E-state index in [0.29, 0.717) is 12.3 Å². The van der Waals surface area contributed by atoms with Gasteiger partial charge in [-0.2, -0.15) is 0 Å². The third kappa shape index (κ3) is 13.9. The highest BCUT2D eigenvalue weighted by Crippen LogP contribution is 2.16. The molecule has 0 bridgehead atoms. The quantitative estimate of drug-likeness (QED) is 0.325. The highest BCUT2D eigenvalue weighted by molar-refractivity contribution is 6.63. The molecular weight excluding hydrogens is 232 g/mol. The van der Waals surface area contributed by atoms with E-state index in [0.717, 1.165) is 6.42 Å². The van der Waals surface area contributed by atoms with Gasteiger partial charge in [-0.25, -0.2) is 0 Å². The van der Waals surface area contributed by atoms with Crippen LogP contribution in [0.15, 0.2) is 0 Å². The van der Waals surface area contributed by atoms with Crippen molar-refractivity contribution in [3.05, 3.63) is 0 Å². The van der Waals surface area contributed by atoms with Crippen LogP contribution < -0.4 is 0 Å². The van der Waals surface area contributed by atoms with Gasteiger partial charge in [0.25, 0.3) is 0 Å². The van der Waals surface area contributed by atoms with E-state index in [1.54, 1.807) is 0 Å². The van der Waals surface area contributed by atoms with Crippen LogP contribution in [-0.2, 0) is 4.79 Å². The van der Waals surface area contributed by atoms with E-state index in [9.17, 15) is 4.79 Å². The smallest absolute Gasteiger partial charge is 0.221 e. The highest BCUT2D eigenvalue weighted by atomic mass is 35.5. The monoisotopic (exact) mass is 260 g/mol. The predicted octanol–water partition coefficient (Wildman–Crippen LogP) is 5.70. The maximum Gasteiger partial charge on any atom is 0.221 e. The van der Waals surface area contributed by atoms with Crippen molar-refractivity contribution in [3.8, 4) is 0 Å². The fourth-order valence-corrected chi connectivity index (χ4v) is 2.44. The number of hydrogen-bond donors (Lipinski definition) is 0. The van der Waals surface area contributed by atoms with Gasteiger partial charge >= 0.3 is 0 Å². The first-order valence-corrected chi connectivity index (χ1v) is 7.73.